The highest BCUT2D eigenvalue weighted by Crippen LogP contribution is 2.40. The van der Waals surface area contributed by atoms with Gasteiger partial charge >= 0.3 is 12.0 Å². The van der Waals surface area contributed by atoms with E-state index in [2.05, 4.69) is 15.5 Å². The molecule has 1 aromatic carbocycles. The number of urea groups is 1. The highest BCUT2D eigenvalue weighted by Gasteiger charge is 2.24. The maximum Gasteiger partial charge on any atom is 0.341 e. The van der Waals surface area contributed by atoms with Crippen molar-refractivity contribution in [1.29, 1.82) is 0 Å². The number of benzene rings is 1. The van der Waals surface area contributed by atoms with Crippen LogP contribution in [0, 0.1) is 0 Å². The van der Waals surface area contributed by atoms with Crippen molar-refractivity contribution in [2.75, 3.05) is 51.3 Å². The van der Waals surface area contributed by atoms with Crippen molar-refractivity contribution in [2.24, 2.45) is 0 Å². The molecule has 0 unspecified atom stereocenters. The Labute approximate surface area is 198 Å². The number of fused-ring (bicyclic) bond motifs is 1. The third-order valence-electron chi connectivity index (χ3n) is 5.74. The Kier molecular flexibility index (Phi) is 8.06. The number of esters is 1. The minimum absolute atomic E-state index is 0.248. The van der Waals surface area contributed by atoms with Crippen LogP contribution in [0.1, 0.15) is 43.0 Å². The molecule has 2 aromatic rings. The number of amides is 2. The van der Waals surface area contributed by atoms with Crippen molar-refractivity contribution in [3.63, 3.8) is 0 Å². The predicted molar refractivity (Wildman–Crippen MR) is 129 cm³/mol. The fourth-order valence-corrected chi connectivity index (χ4v) is 5.05. The first-order chi connectivity index (χ1) is 16.2. The number of hydrogen-bond donors (Lipinski definition) is 2. The van der Waals surface area contributed by atoms with Crippen LogP contribution in [0.2, 0.25) is 0 Å². The van der Waals surface area contributed by atoms with E-state index in [1.807, 2.05) is 23.6 Å². The van der Waals surface area contributed by atoms with E-state index in [0.29, 0.717) is 47.4 Å². The van der Waals surface area contributed by atoms with E-state index >= 15 is 0 Å². The Hall–Kier alpha value is -2.78. The van der Waals surface area contributed by atoms with Crippen molar-refractivity contribution < 1.29 is 23.8 Å². The standard InChI is InChI=1S/C24H31N3O5S/c1-2-30-23(28)21-18(17-7-8-19-20(15-17)32-14-13-31-19)16-33-22(21)26-24(29)25-9-3-4-10-27-11-5-6-12-27/h7-8,15-16H,2-6,9-14H2,1H3,(H2,25,26,29). The highest BCUT2D eigenvalue weighted by atomic mass is 32.1. The zero-order valence-corrected chi connectivity index (χ0v) is 19.8. The molecule has 9 heteroatoms. The summed E-state index contributed by atoms with van der Waals surface area (Å²) >= 11 is 1.30. The number of carbonyl (C=O) groups excluding carboxylic acids is 2. The topological polar surface area (TPSA) is 89.1 Å². The second-order valence-electron chi connectivity index (χ2n) is 8.07. The van der Waals surface area contributed by atoms with Gasteiger partial charge in [-0.2, -0.15) is 0 Å². The Morgan fingerprint density at radius 2 is 1.91 bits per heavy atom. The van der Waals surface area contributed by atoms with Gasteiger partial charge in [0, 0.05) is 17.5 Å². The number of rotatable bonds is 9. The van der Waals surface area contributed by atoms with Crippen LogP contribution in [0.5, 0.6) is 11.5 Å². The molecule has 1 fully saturated rings. The average Bonchev–Trinajstić information content (AvgIpc) is 3.49. The van der Waals surface area contributed by atoms with E-state index in [1.54, 1.807) is 6.92 Å². The fourth-order valence-electron chi connectivity index (χ4n) is 4.10. The van der Waals surface area contributed by atoms with Crippen molar-refractivity contribution >= 4 is 28.3 Å². The summed E-state index contributed by atoms with van der Waals surface area (Å²) in [5.74, 6) is 0.853. The van der Waals surface area contributed by atoms with Gasteiger partial charge in [0.15, 0.2) is 11.5 Å². The first-order valence-corrected chi connectivity index (χ1v) is 12.5. The number of anilines is 1. The third-order valence-corrected chi connectivity index (χ3v) is 6.63. The van der Waals surface area contributed by atoms with Crippen LogP contribution in [0.4, 0.5) is 9.80 Å². The van der Waals surface area contributed by atoms with Gasteiger partial charge in [0.2, 0.25) is 0 Å². The lowest BCUT2D eigenvalue weighted by Gasteiger charge is -2.19. The van der Waals surface area contributed by atoms with Crippen molar-refractivity contribution in [3.8, 4) is 22.6 Å². The number of carbonyl (C=O) groups is 2. The van der Waals surface area contributed by atoms with Crippen LogP contribution in [0.15, 0.2) is 23.6 Å². The van der Waals surface area contributed by atoms with Gasteiger partial charge in [-0.25, -0.2) is 9.59 Å². The highest BCUT2D eigenvalue weighted by molar-refractivity contribution is 7.15. The number of thiophene rings is 1. The van der Waals surface area contributed by atoms with Crippen molar-refractivity contribution in [2.45, 2.75) is 32.6 Å². The van der Waals surface area contributed by atoms with E-state index < -0.39 is 5.97 Å². The molecule has 0 radical (unpaired) electrons. The van der Waals surface area contributed by atoms with Gasteiger partial charge in [-0.1, -0.05) is 6.07 Å². The number of hydrogen-bond acceptors (Lipinski definition) is 7. The molecule has 2 aliphatic rings. The van der Waals surface area contributed by atoms with Crippen LogP contribution < -0.4 is 20.1 Å². The zero-order chi connectivity index (χ0) is 23.0. The SMILES string of the molecule is CCOC(=O)c1c(-c2ccc3c(c2)OCCO3)csc1NC(=O)NCCCCN1CCCC1. The molecular formula is C24H31N3O5S. The van der Waals surface area contributed by atoms with Gasteiger partial charge in [0.1, 0.15) is 23.8 Å². The molecule has 2 aliphatic heterocycles. The predicted octanol–water partition coefficient (Wildman–Crippen LogP) is 4.36. The summed E-state index contributed by atoms with van der Waals surface area (Å²) in [6, 6.07) is 5.24. The lowest BCUT2D eigenvalue weighted by molar-refractivity contribution is 0.0529. The fraction of sp³-hybridized carbons (Fsp3) is 0.500. The Bertz CT molecular complexity index is 971. The van der Waals surface area contributed by atoms with E-state index in [0.717, 1.165) is 24.9 Å². The average molecular weight is 474 g/mol. The van der Waals surface area contributed by atoms with E-state index in [4.69, 9.17) is 14.2 Å². The first kappa shape index (κ1) is 23.4. The second-order valence-corrected chi connectivity index (χ2v) is 8.95. The zero-order valence-electron chi connectivity index (χ0n) is 19.0. The van der Waals surface area contributed by atoms with Crippen LogP contribution in [-0.4, -0.2) is 62.9 Å². The van der Waals surface area contributed by atoms with E-state index in [9.17, 15) is 9.59 Å². The quantitative estimate of drug-likeness (QED) is 0.416. The summed E-state index contributed by atoms with van der Waals surface area (Å²) in [4.78, 5) is 27.7. The number of nitrogens with zero attached hydrogens (tertiary/aromatic N) is 1. The van der Waals surface area contributed by atoms with Gasteiger partial charge in [-0.05, 0) is 69.9 Å². The van der Waals surface area contributed by atoms with Gasteiger partial charge in [-0.3, -0.25) is 5.32 Å². The maximum atomic E-state index is 12.8. The normalized spacial score (nSPS) is 15.3. The molecule has 8 nitrogen and oxygen atoms in total. The van der Waals surface area contributed by atoms with Crippen LogP contribution >= 0.6 is 11.3 Å². The van der Waals surface area contributed by atoms with Crippen molar-refractivity contribution in [1.82, 2.24) is 10.2 Å². The molecular weight excluding hydrogens is 442 g/mol. The van der Waals surface area contributed by atoms with Crippen molar-refractivity contribution in [3.05, 3.63) is 29.1 Å². The molecule has 33 heavy (non-hydrogen) atoms. The largest absolute Gasteiger partial charge is 0.486 e. The summed E-state index contributed by atoms with van der Waals surface area (Å²) in [6.45, 7) is 7.06. The smallest absolute Gasteiger partial charge is 0.341 e. The Morgan fingerprint density at radius 1 is 1.12 bits per heavy atom. The summed E-state index contributed by atoms with van der Waals surface area (Å²) in [7, 11) is 0. The molecule has 2 N–H and O–H groups in total. The molecule has 0 aliphatic carbocycles. The Balaban J connectivity index is 1.40. The molecule has 0 atom stereocenters. The number of unbranched alkanes of at least 4 members (excludes halogenated alkanes) is 1. The van der Waals surface area contributed by atoms with Crippen LogP contribution in [0.3, 0.4) is 0 Å². The Morgan fingerprint density at radius 3 is 2.70 bits per heavy atom. The first-order valence-electron chi connectivity index (χ1n) is 11.6. The molecule has 1 aromatic heterocycles. The molecule has 4 rings (SSSR count). The molecule has 3 heterocycles. The lowest BCUT2D eigenvalue weighted by atomic mass is 10.0. The lowest BCUT2D eigenvalue weighted by Crippen LogP contribution is -2.30. The van der Waals surface area contributed by atoms with Gasteiger partial charge < -0.3 is 24.4 Å². The van der Waals surface area contributed by atoms with E-state index in [-0.39, 0.29) is 12.6 Å². The van der Waals surface area contributed by atoms with Gasteiger partial charge in [-0.15, -0.1) is 11.3 Å². The third kappa shape index (κ3) is 5.97. The molecule has 178 valence electrons. The number of ether oxygens (including phenoxy) is 3. The molecule has 0 saturated carbocycles. The monoisotopic (exact) mass is 473 g/mol. The summed E-state index contributed by atoms with van der Waals surface area (Å²) in [6.07, 6.45) is 4.56. The van der Waals surface area contributed by atoms with Gasteiger partial charge in [0.25, 0.3) is 0 Å². The molecule has 2 amide bonds. The minimum atomic E-state index is -0.468. The molecule has 0 bridgehead atoms. The van der Waals surface area contributed by atoms with E-state index in [1.165, 1.54) is 37.3 Å². The second kappa shape index (κ2) is 11.4. The summed E-state index contributed by atoms with van der Waals surface area (Å²) in [5, 5.41) is 8.05. The molecule has 0 spiro atoms. The summed E-state index contributed by atoms with van der Waals surface area (Å²) < 4.78 is 16.6. The van der Waals surface area contributed by atoms with Crippen LogP contribution in [0.25, 0.3) is 11.1 Å². The summed E-state index contributed by atoms with van der Waals surface area (Å²) in [5.41, 5.74) is 1.84. The minimum Gasteiger partial charge on any atom is -0.486 e. The number of nitrogens with one attached hydrogen (secondary N) is 2. The maximum absolute atomic E-state index is 12.8. The van der Waals surface area contributed by atoms with Gasteiger partial charge in [0.05, 0.1) is 6.61 Å². The molecule has 1 saturated heterocycles. The number of likely N-dealkylation sites (tertiary alicyclic amines) is 1. The van der Waals surface area contributed by atoms with Crippen LogP contribution in [-0.2, 0) is 4.74 Å².